The van der Waals surface area contributed by atoms with Crippen LogP contribution in [0.2, 0.25) is 0 Å². The first-order chi connectivity index (χ1) is 43.4. The lowest BCUT2D eigenvalue weighted by molar-refractivity contribution is -0.870. The summed E-state index contributed by atoms with van der Waals surface area (Å²) in [7, 11) is 1.16. The molecule has 508 valence electrons. The number of hydrogen-bond donors (Lipinski definition) is 1. The molecule has 0 bridgehead atoms. The molecule has 10 heteroatoms. The standard InChI is InChI=1S/C79H135N2O7P/c1-7-10-13-16-19-22-25-27-29-31-33-35-37-39-40-42-44-46-48-50-52-54-57-60-63-66-69-72-79(83)88-77(70-67-64-61-58-55-24-21-18-15-12-9-3)76(75-87-89(84,85)86-74-73-81(4,5)6)80-78(82)71-68-65-62-59-56-53-51-49-47-45-43-41-38-36-34-32-30-28-26-23-20-17-14-11-8-2/h10-11,13-14,19-20,22-23,27-30,33-36,39-41,43-44,46,67,70,76-77H,7-9,12,15-18,21,24-26,31-32,37-38,42,45,47-66,68-69,71-75H2,1-6H3,(H-,80,82,84,85)/b13-10-,14-11-,22-19-,23-20-,29-27-,30-28-,35-33-,36-34-,40-39-,43-41-,46-44-,70-67+. The van der Waals surface area contributed by atoms with E-state index in [1.165, 1.54) is 103 Å². The maximum absolute atomic E-state index is 13.6. The Kier molecular flexibility index (Phi) is 63.7. The molecule has 0 radical (unpaired) electrons. The van der Waals surface area contributed by atoms with Crippen molar-refractivity contribution < 1.29 is 37.3 Å². The van der Waals surface area contributed by atoms with Gasteiger partial charge in [-0.25, -0.2) is 0 Å². The monoisotopic (exact) mass is 1260 g/mol. The van der Waals surface area contributed by atoms with Crippen molar-refractivity contribution in [1.29, 1.82) is 0 Å². The number of amides is 1. The van der Waals surface area contributed by atoms with E-state index in [0.717, 1.165) is 148 Å². The zero-order chi connectivity index (χ0) is 64.9. The van der Waals surface area contributed by atoms with Crippen LogP contribution in [0.5, 0.6) is 0 Å². The van der Waals surface area contributed by atoms with Crippen molar-refractivity contribution in [1.82, 2.24) is 5.32 Å². The highest BCUT2D eigenvalue weighted by Crippen LogP contribution is 2.38. The van der Waals surface area contributed by atoms with Crippen molar-refractivity contribution in [2.24, 2.45) is 0 Å². The van der Waals surface area contributed by atoms with E-state index in [1.54, 1.807) is 0 Å². The van der Waals surface area contributed by atoms with Crippen LogP contribution in [0.4, 0.5) is 0 Å². The molecule has 1 amide bonds. The number of ether oxygens (including phenoxy) is 1. The number of quaternary nitrogens is 1. The third kappa shape index (κ3) is 68.1. The van der Waals surface area contributed by atoms with Crippen LogP contribution in [-0.4, -0.2) is 69.4 Å². The molecule has 0 fully saturated rings. The summed E-state index contributed by atoms with van der Waals surface area (Å²) >= 11 is 0. The molecule has 0 rings (SSSR count). The molecular formula is C79H135N2O7P. The van der Waals surface area contributed by atoms with E-state index in [4.69, 9.17) is 13.8 Å². The molecule has 0 spiro atoms. The molecule has 0 aliphatic carbocycles. The smallest absolute Gasteiger partial charge is 0.306 e. The van der Waals surface area contributed by atoms with Crippen molar-refractivity contribution in [3.63, 3.8) is 0 Å². The fourth-order valence-corrected chi connectivity index (χ4v) is 10.5. The predicted molar refractivity (Wildman–Crippen MR) is 385 cm³/mol. The van der Waals surface area contributed by atoms with E-state index in [-0.39, 0.29) is 24.9 Å². The lowest BCUT2D eigenvalue weighted by Gasteiger charge is -2.30. The molecule has 3 atom stereocenters. The van der Waals surface area contributed by atoms with Gasteiger partial charge in [-0.2, -0.15) is 0 Å². The SMILES string of the molecule is CC/C=C\C/C=C\C/C=C\C/C=C\C/C=C\C/C=C\CCCCCCCCCCC(=O)OC(/C=C/CCCCCCCCCCC)C(COP(=O)([O-])OCC[N+](C)(C)C)NC(=O)CCCCCCCCCCC/C=C\C/C=C\C/C=C\C/C=C\C/C=C\CC. The van der Waals surface area contributed by atoms with Crippen LogP contribution in [0.25, 0.3) is 0 Å². The van der Waals surface area contributed by atoms with Gasteiger partial charge in [-0.15, -0.1) is 0 Å². The second-order valence-electron chi connectivity index (χ2n) is 25.0. The Bertz CT molecular complexity index is 2030. The molecule has 0 aliphatic heterocycles. The molecular weight excluding hydrogens is 1120 g/mol. The van der Waals surface area contributed by atoms with Gasteiger partial charge in [0.1, 0.15) is 19.3 Å². The van der Waals surface area contributed by atoms with Crippen LogP contribution in [0.15, 0.2) is 146 Å². The number of nitrogens with zero attached hydrogens (tertiary/aromatic N) is 1. The minimum Gasteiger partial charge on any atom is -0.756 e. The van der Waals surface area contributed by atoms with Crippen LogP contribution in [-0.2, 0) is 27.9 Å². The fourth-order valence-electron chi connectivity index (χ4n) is 9.79. The number of carbonyl (C=O) groups excluding carboxylic acids is 2. The minimum atomic E-state index is -4.72. The van der Waals surface area contributed by atoms with Crippen LogP contribution in [0.1, 0.15) is 290 Å². The quantitative estimate of drug-likeness (QED) is 0.0212. The van der Waals surface area contributed by atoms with Crippen molar-refractivity contribution in [3.05, 3.63) is 146 Å². The number of esters is 1. The lowest BCUT2D eigenvalue weighted by atomic mass is 10.0. The highest BCUT2D eigenvalue weighted by atomic mass is 31.2. The largest absolute Gasteiger partial charge is 0.756 e. The molecule has 0 aromatic carbocycles. The van der Waals surface area contributed by atoms with Gasteiger partial charge in [-0.1, -0.05) is 295 Å². The summed E-state index contributed by atoms with van der Waals surface area (Å²) < 4.78 is 30.4. The Hall–Kier alpha value is -4.11. The summed E-state index contributed by atoms with van der Waals surface area (Å²) in [6, 6.07) is -0.907. The van der Waals surface area contributed by atoms with Gasteiger partial charge in [-0.05, 0) is 128 Å². The minimum absolute atomic E-state index is 0.0325. The summed E-state index contributed by atoms with van der Waals surface area (Å²) in [4.78, 5) is 40.2. The first-order valence-corrected chi connectivity index (χ1v) is 37.6. The van der Waals surface area contributed by atoms with Crippen LogP contribution < -0.4 is 10.2 Å². The Morgan fingerprint density at radius 1 is 0.404 bits per heavy atom. The molecule has 89 heavy (non-hydrogen) atoms. The average Bonchev–Trinajstić information content (AvgIpc) is 3.71. The van der Waals surface area contributed by atoms with E-state index in [9.17, 15) is 19.0 Å². The van der Waals surface area contributed by atoms with Gasteiger partial charge in [0.15, 0.2) is 0 Å². The summed E-state index contributed by atoms with van der Waals surface area (Å²) in [6.07, 6.45) is 96.8. The number of carbonyl (C=O) groups is 2. The van der Waals surface area contributed by atoms with E-state index in [2.05, 4.69) is 160 Å². The summed E-state index contributed by atoms with van der Waals surface area (Å²) in [5.41, 5.74) is 0. The Morgan fingerprint density at radius 3 is 1.08 bits per heavy atom. The number of hydrogen-bond acceptors (Lipinski definition) is 7. The van der Waals surface area contributed by atoms with Crippen molar-refractivity contribution in [2.45, 2.75) is 303 Å². The number of nitrogens with one attached hydrogen (secondary N) is 1. The maximum Gasteiger partial charge on any atom is 0.306 e. The van der Waals surface area contributed by atoms with E-state index in [0.29, 0.717) is 23.9 Å². The van der Waals surface area contributed by atoms with E-state index >= 15 is 0 Å². The van der Waals surface area contributed by atoms with Crippen LogP contribution >= 0.6 is 7.82 Å². The average molecular weight is 1260 g/mol. The topological polar surface area (TPSA) is 114 Å². The maximum atomic E-state index is 13.6. The van der Waals surface area contributed by atoms with Gasteiger partial charge >= 0.3 is 5.97 Å². The molecule has 3 unspecified atom stereocenters. The third-order valence-corrected chi connectivity index (χ3v) is 16.2. The summed E-state index contributed by atoms with van der Waals surface area (Å²) in [6.45, 7) is 6.60. The zero-order valence-electron chi connectivity index (χ0n) is 58.1. The lowest BCUT2D eigenvalue weighted by Crippen LogP contribution is -2.47. The van der Waals surface area contributed by atoms with Gasteiger partial charge in [0.25, 0.3) is 7.82 Å². The van der Waals surface area contributed by atoms with Crippen molar-refractivity contribution in [2.75, 3.05) is 40.9 Å². The van der Waals surface area contributed by atoms with E-state index in [1.807, 2.05) is 33.3 Å². The molecule has 0 saturated carbocycles. The van der Waals surface area contributed by atoms with Crippen molar-refractivity contribution in [3.8, 4) is 0 Å². The van der Waals surface area contributed by atoms with Crippen LogP contribution in [0, 0.1) is 0 Å². The van der Waals surface area contributed by atoms with Crippen LogP contribution in [0.3, 0.4) is 0 Å². The number of allylic oxidation sites excluding steroid dienone is 23. The Balaban J connectivity index is 5.06. The van der Waals surface area contributed by atoms with Gasteiger partial charge in [0.2, 0.25) is 5.91 Å². The van der Waals surface area contributed by atoms with Gasteiger partial charge in [0.05, 0.1) is 33.8 Å². The number of unbranched alkanes of at least 4 members (excludes halogenated alkanes) is 26. The number of phosphoric acid groups is 1. The summed E-state index contributed by atoms with van der Waals surface area (Å²) in [5, 5.41) is 3.03. The van der Waals surface area contributed by atoms with Crippen molar-refractivity contribution >= 4 is 19.7 Å². The molecule has 9 nitrogen and oxygen atoms in total. The third-order valence-electron chi connectivity index (χ3n) is 15.3. The second kappa shape index (κ2) is 66.8. The van der Waals surface area contributed by atoms with E-state index < -0.39 is 26.6 Å². The number of likely N-dealkylation sites (N-methyl/N-ethyl adjacent to an activating group) is 1. The second-order valence-corrected chi connectivity index (χ2v) is 26.4. The highest BCUT2D eigenvalue weighted by molar-refractivity contribution is 7.45. The molecule has 1 N–H and O–H groups in total. The van der Waals surface area contributed by atoms with Gasteiger partial charge in [-0.3, -0.25) is 14.2 Å². The highest BCUT2D eigenvalue weighted by Gasteiger charge is 2.27. The molecule has 0 aliphatic rings. The zero-order valence-corrected chi connectivity index (χ0v) is 59.0. The molecule has 0 aromatic heterocycles. The molecule has 0 saturated heterocycles. The first-order valence-electron chi connectivity index (χ1n) is 36.1. The first kappa shape index (κ1) is 84.9. The fraction of sp³-hybridized carbons (Fsp3) is 0.671. The van der Waals surface area contributed by atoms with Gasteiger partial charge < -0.3 is 28.5 Å². The van der Waals surface area contributed by atoms with Gasteiger partial charge in [0, 0.05) is 12.8 Å². The Morgan fingerprint density at radius 2 is 0.719 bits per heavy atom. The predicted octanol–water partition coefficient (Wildman–Crippen LogP) is 22.7. The summed E-state index contributed by atoms with van der Waals surface area (Å²) in [5.74, 6) is -0.564. The number of phosphoric ester groups is 1. The Labute approximate surface area is 548 Å². The number of rotatable bonds is 64. The molecule has 0 heterocycles. The molecule has 0 aromatic rings. The normalized spacial score (nSPS) is 14.4.